The van der Waals surface area contributed by atoms with E-state index in [4.69, 9.17) is 21.1 Å². The standard InChI is InChI=1S/C20H20ClFN2O2/c1-2-3-4-15-12-25-19(26-13-15)8-5-14-10-23-20(24-11-14)16-6-7-17(21)18(22)9-16/h6-7,9-11,15,19H,2-4,12-13H2,1H3. The maximum absolute atomic E-state index is 13.5. The molecule has 1 aliphatic heterocycles. The van der Waals surface area contributed by atoms with Crippen LogP contribution in [0.1, 0.15) is 31.7 Å². The Labute approximate surface area is 157 Å². The molecule has 0 unspecified atom stereocenters. The van der Waals surface area contributed by atoms with Crippen LogP contribution in [0, 0.1) is 23.6 Å². The molecule has 0 atom stereocenters. The second-order valence-electron chi connectivity index (χ2n) is 6.20. The van der Waals surface area contributed by atoms with Crippen LogP contribution in [-0.2, 0) is 9.47 Å². The summed E-state index contributed by atoms with van der Waals surface area (Å²) in [7, 11) is 0. The number of benzene rings is 1. The highest BCUT2D eigenvalue weighted by Crippen LogP contribution is 2.21. The van der Waals surface area contributed by atoms with Crippen molar-refractivity contribution in [3.05, 3.63) is 47.0 Å². The molecule has 0 amide bonds. The molecule has 0 aliphatic carbocycles. The maximum atomic E-state index is 13.5. The molecule has 1 aromatic carbocycles. The van der Waals surface area contributed by atoms with E-state index in [0.717, 1.165) is 6.42 Å². The van der Waals surface area contributed by atoms with Crippen LogP contribution < -0.4 is 0 Å². The first-order valence-corrected chi connectivity index (χ1v) is 9.05. The fourth-order valence-electron chi connectivity index (χ4n) is 2.61. The minimum atomic E-state index is -0.516. The molecule has 6 heteroatoms. The molecule has 1 aromatic heterocycles. The molecule has 3 rings (SSSR count). The van der Waals surface area contributed by atoms with Crippen molar-refractivity contribution in [1.29, 1.82) is 0 Å². The van der Waals surface area contributed by atoms with Crippen LogP contribution >= 0.6 is 11.6 Å². The number of unbranched alkanes of at least 4 members (excludes halogenated alkanes) is 1. The highest BCUT2D eigenvalue weighted by molar-refractivity contribution is 6.30. The summed E-state index contributed by atoms with van der Waals surface area (Å²) in [6.45, 7) is 3.53. The van der Waals surface area contributed by atoms with E-state index >= 15 is 0 Å². The van der Waals surface area contributed by atoms with Gasteiger partial charge in [-0.15, -0.1) is 0 Å². The highest BCUT2D eigenvalue weighted by Gasteiger charge is 2.20. The lowest BCUT2D eigenvalue weighted by Crippen LogP contribution is -2.31. The molecule has 1 aliphatic rings. The molecule has 1 saturated heterocycles. The second-order valence-corrected chi connectivity index (χ2v) is 6.61. The Kier molecular flexibility index (Phi) is 6.56. The van der Waals surface area contributed by atoms with Gasteiger partial charge in [-0.1, -0.05) is 37.3 Å². The fourth-order valence-corrected chi connectivity index (χ4v) is 2.72. The minimum absolute atomic E-state index is 0.0700. The molecule has 0 radical (unpaired) electrons. The zero-order valence-electron chi connectivity index (χ0n) is 14.5. The number of halogens is 2. The van der Waals surface area contributed by atoms with Gasteiger partial charge in [0, 0.05) is 23.9 Å². The number of nitrogens with zero attached hydrogens (tertiary/aromatic N) is 2. The third kappa shape index (κ3) is 5.01. The van der Waals surface area contributed by atoms with Gasteiger partial charge in [-0.05, 0) is 30.5 Å². The van der Waals surface area contributed by atoms with E-state index in [9.17, 15) is 4.39 Å². The molecule has 0 spiro atoms. The molecule has 2 heterocycles. The van der Waals surface area contributed by atoms with Crippen molar-refractivity contribution in [2.75, 3.05) is 13.2 Å². The van der Waals surface area contributed by atoms with E-state index in [2.05, 4.69) is 28.7 Å². The molecular weight excluding hydrogens is 355 g/mol. The van der Waals surface area contributed by atoms with E-state index in [1.165, 1.54) is 25.0 Å². The van der Waals surface area contributed by atoms with Crippen molar-refractivity contribution in [3.63, 3.8) is 0 Å². The zero-order chi connectivity index (χ0) is 18.4. The second kappa shape index (κ2) is 9.09. The van der Waals surface area contributed by atoms with Crippen LogP contribution in [-0.4, -0.2) is 29.5 Å². The van der Waals surface area contributed by atoms with Gasteiger partial charge >= 0.3 is 0 Å². The third-order valence-electron chi connectivity index (χ3n) is 4.10. The topological polar surface area (TPSA) is 44.2 Å². The first-order chi connectivity index (χ1) is 12.7. The van der Waals surface area contributed by atoms with Crippen molar-refractivity contribution >= 4 is 11.6 Å². The largest absolute Gasteiger partial charge is 0.342 e. The number of hydrogen-bond acceptors (Lipinski definition) is 4. The molecule has 136 valence electrons. The predicted molar refractivity (Wildman–Crippen MR) is 98.0 cm³/mol. The van der Waals surface area contributed by atoms with E-state index in [0.29, 0.717) is 36.1 Å². The Morgan fingerprint density at radius 1 is 1.23 bits per heavy atom. The maximum Gasteiger partial charge on any atom is 0.222 e. The number of rotatable bonds is 4. The lowest BCUT2D eigenvalue weighted by Gasteiger charge is -2.26. The van der Waals surface area contributed by atoms with Crippen LogP contribution in [0.15, 0.2) is 30.6 Å². The monoisotopic (exact) mass is 374 g/mol. The van der Waals surface area contributed by atoms with Crippen molar-refractivity contribution in [2.45, 2.75) is 32.5 Å². The molecule has 1 fully saturated rings. The van der Waals surface area contributed by atoms with Gasteiger partial charge in [0.1, 0.15) is 5.82 Å². The smallest absolute Gasteiger partial charge is 0.222 e. The van der Waals surface area contributed by atoms with Gasteiger partial charge in [0.2, 0.25) is 6.29 Å². The van der Waals surface area contributed by atoms with Crippen LogP contribution in [0.3, 0.4) is 0 Å². The molecule has 0 N–H and O–H groups in total. The molecule has 4 nitrogen and oxygen atoms in total. The van der Waals surface area contributed by atoms with Gasteiger partial charge in [-0.2, -0.15) is 0 Å². The predicted octanol–water partition coefficient (Wildman–Crippen LogP) is 4.47. The summed E-state index contributed by atoms with van der Waals surface area (Å²) in [5.74, 6) is 6.26. The average Bonchev–Trinajstić information content (AvgIpc) is 2.68. The summed E-state index contributed by atoms with van der Waals surface area (Å²) >= 11 is 5.68. The molecule has 0 saturated carbocycles. The Balaban J connectivity index is 1.58. The molecule has 2 aromatic rings. The van der Waals surface area contributed by atoms with Crippen LogP contribution in [0.5, 0.6) is 0 Å². The first-order valence-electron chi connectivity index (χ1n) is 8.68. The lowest BCUT2D eigenvalue weighted by molar-refractivity contribution is -0.170. The Hall–Kier alpha value is -2.00. The Morgan fingerprint density at radius 3 is 2.62 bits per heavy atom. The summed E-state index contributed by atoms with van der Waals surface area (Å²) in [6.07, 6.45) is 6.16. The van der Waals surface area contributed by atoms with Gasteiger partial charge in [0.25, 0.3) is 0 Å². The van der Waals surface area contributed by atoms with E-state index in [1.807, 2.05) is 0 Å². The van der Waals surface area contributed by atoms with E-state index in [1.54, 1.807) is 18.5 Å². The number of ether oxygens (including phenoxy) is 2. The van der Waals surface area contributed by atoms with Crippen molar-refractivity contribution < 1.29 is 13.9 Å². The fraction of sp³-hybridized carbons (Fsp3) is 0.400. The van der Waals surface area contributed by atoms with Crippen molar-refractivity contribution in [3.8, 4) is 23.2 Å². The summed E-state index contributed by atoms with van der Waals surface area (Å²) in [6, 6.07) is 4.46. The number of hydrogen-bond donors (Lipinski definition) is 0. The van der Waals surface area contributed by atoms with Crippen LogP contribution in [0.4, 0.5) is 4.39 Å². The summed E-state index contributed by atoms with van der Waals surface area (Å²) in [5.41, 5.74) is 1.20. The van der Waals surface area contributed by atoms with Crippen molar-refractivity contribution in [2.24, 2.45) is 5.92 Å². The minimum Gasteiger partial charge on any atom is -0.342 e. The summed E-state index contributed by atoms with van der Waals surface area (Å²) in [5, 5.41) is 0.0700. The lowest BCUT2D eigenvalue weighted by atomic mass is 10.0. The van der Waals surface area contributed by atoms with Crippen LogP contribution in [0.2, 0.25) is 5.02 Å². The normalized spacial score (nSPS) is 19.7. The highest BCUT2D eigenvalue weighted by atomic mass is 35.5. The first kappa shape index (κ1) is 18.8. The molecule has 0 bridgehead atoms. The van der Waals surface area contributed by atoms with Gasteiger partial charge < -0.3 is 9.47 Å². The Bertz CT molecular complexity index is 794. The van der Waals surface area contributed by atoms with Gasteiger partial charge in [-0.3, -0.25) is 0 Å². The van der Waals surface area contributed by atoms with Gasteiger partial charge in [-0.25, -0.2) is 14.4 Å². The Morgan fingerprint density at radius 2 is 1.96 bits per heavy atom. The SMILES string of the molecule is CCCCC1COC(C#Cc2cnc(-c3ccc(Cl)c(F)c3)nc2)OC1. The van der Waals surface area contributed by atoms with Gasteiger partial charge in [0.15, 0.2) is 5.82 Å². The van der Waals surface area contributed by atoms with Gasteiger partial charge in [0.05, 0.1) is 23.8 Å². The summed E-state index contributed by atoms with van der Waals surface area (Å²) < 4.78 is 24.8. The third-order valence-corrected chi connectivity index (χ3v) is 4.40. The average molecular weight is 375 g/mol. The number of aromatic nitrogens is 2. The van der Waals surface area contributed by atoms with E-state index in [-0.39, 0.29) is 5.02 Å². The zero-order valence-corrected chi connectivity index (χ0v) is 15.3. The molecular formula is C20H20ClFN2O2. The quantitative estimate of drug-likeness (QED) is 0.741. The van der Waals surface area contributed by atoms with Crippen molar-refractivity contribution in [1.82, 2.24) is 9.97 Å². The summed E-state index contributed by atoms with van der Waals surface area (Å²) in [4.78, 5) is 8.45. The molecule has 26 heavy (non-hydrogen) atoms. The van der Waals surface area contributed by atoms with E-state index < -0.39 is 12.1 Å². The van der Waals surface area contributed by atoms with Crippen LogP contribution in [0.25, 0.3) is 11.4 Å².